The minimum atomic E-state index is 0. The molecule has 0 aromatic heterocycles. The van der Waals surface area contributed by atoms with Crippen LogP contribution in [0.4, 0.5) is 0 Å². The van der Waals surface area contributed by atoms with E-state index in [1.54, 1.807) is 0 Å². The summed E-state index contributed by atoms with van der Waals surface area (Å²) >= 11 is 0. The molecule has 2 saturated heterocycles. The Hall–Kier alpha value is -1.59. The van der Waals surface area contributed by atoms with E-state index in [1.807, 2.05) is 28.0 Å². The number of benzene rings is 1. The summed E-state index contributed by atoms with van der Waals surface area (Å²) in [5, 5.41) is 3.38. The van der Waals surface area contributed by atoms with Crippen LogP contribution < -0.4 is 5.32 Å². The van der Waals surface area contributed by atoms with Crippen LogP contribution in [0.5, 0.6) is 0 Å². The van der Waals surface area contributed by atoms with Crippen LogP contribution in [0.25, 0.3) is 0 Å². The van der Waals surface area contributed by atoms with E-state index in [4.69, 9.17) is 0 Å². The normalized spacial score (nSPS) is 19.9. The van der Waals surface area contributed by atoms with E-state index in [0.29, 0.717) is 45.1 Å². The van der Waals surface area contributed by atoms with Gasteiger partial charge in [-0.25, -0.2) is 0 Å². The van der Waals surface area contributed by atoms with Gasteiger partial charge in [-0.1, -0.05) is 30.3 Å². The van der Waals surface area contributed by atoms with Crippen molar-refractivity contribution in [2.24, 2.45) is 0 Å². The number of carbonyl (C=O) groups is 2. The highest BCUT2D eigenvalue weighted by Gasteiger charge is 2.26. The van der Waals surface area contributed by atoms with E-state index in [-0.39, 0.29) is 24.2 Å². The maximum absolute atomic E-state index is 12.4. The zero-order valence-corrected chi connectivity index (χ0v) is 16.2. The van der Waals surface area contributed by atoms with Crippen molar-refractivity contribution in [3.63, 3.8) is 0 Å². The average Bonchev–Trinajstić information content (AvgIpc) is 3.15. The summed E-state index contributed by atoms with van der Waals surface area (Å²) in [4.78, 5) is 28.5. The molecule has 1 unspecified atom stereocenters. The zero-order chi connectivity index (χ0) is 17.5. The molecular weight excluding hydrogens is 350 g/mol. The second kappa shape index (κ2) is 10.5. The first kappa shape index (κ1) is 20.7. The van der Waals surface area contributed by atoms with Crippen LogP contribution in [0.15, 0.2) is 30.3 Å². The van der Waals surface area contributed by atoms with Crippen LogP contribution in [-0.2, 0) is 16.0 Å². The Kier molecular flexibility index (Phi) is 8.39. The molecule has 26 heavy (non-hydrogen) atoms. The molecule has 2 aliphatic heterocycles. The molecule has 1 aromatic rings. The molecule has 2 amide bonds. The Morgan fingerprint density at radius 3 is 2.27 bits per heavy atom. The monoisotopic (exact) mass is 379 g/mol. The predicted molar refractivity (Wildman–Crippen MR) is 105 cm³/mol. The summed E-state index contributed by atoms with van der Waals surface area (Å²) in [5.74, 6) is 0.455. The van der Waals surface area contributed by atoms with Gasteiger partial charge in [0.05, 0.1) is 0 Å². The van der Waals surface area contributed by atoms with Crippen molar-refractivity contribution in [3.8, 4) is 0 Å². The fourth-order valence-electron chi connectivity index (χ4n) is 3.72. The van der Waals surface area contributed by atoms with Gasteiger partial charge in [0.15, 0.2) is 0 Å². The number of piperazine rings is 1. The summed E-state index contributed by atoms with van der Waals surface area (Å²) in [6, 6.07) is 10.6. The van der Waals surface area contributed by atoms with Gasteiger partial charge in [0.1, 0.15) is 0 Å². The predicted octanol–water partition coefficient (Wildman–Crippen LogP) is 2.24. The van der Waals surface area contributed by atoms with E-state index < -0.39 is 0 Å². The van der Waals surface area contributed by atoms with Crippen molar-refractivity contribution in [2.45, 2.75) is 44.6 Å². The standard InChI is InChI=1S/C20H29N3O2.ClH/c24-19(10-4-8-17-6-2-1-3-7-17)22-12-14-23(15-13-22)20(25)16-18-9-5-11-21-18;/h1-3,6-7,18,21H,4-5,8-16H2;1H. The maximum atomic E-state index is 12.4. The van der Waals surface area contributed by atoms with Crippen molar-refractivity contribution in [1.82, 2.24) is 15.1 Å². The molecule has 2 heterocycles. The van der Waals surface area contributed by atoms with E-state index >= 15 is 0 Å². The number of nitrogens with one attached hydrogen (secondary N) is 1. The number of hydrogen-bond donors (Lipinski definition) is 1. The van der Waals surface area contributed by atoms with Gasteiger partial charge in [-0.05, 0) is 37.8 Å². The molecule has 144 valence electrons. The first-order chi connectivity index (χ1) is 12.2. The molecule has 0 saturated carbocycles. The third-order valence-corrected chi connectivity index (χ3v) is 5.27. The molecule has 5 nitrogen and oxygen atoms in total. The maximum Gasteiger partial charge on any atom is 0.224 e. The second-order valence-corrected chi connectivity index (χ2v) is 7.10. The van der Waals surface area contributed by atoms with E-state index in [0.717, 1.165) is 25.8 Å². The minimum Gasteiger partial charge on any atom is -0.339 e. The van der Waals surface area contributed by atoms with Crippen molar-refractivity contribution in [3.05, 3.63) is 35.9 Å². The summed E-state index contributed by atoms with van der Waals surface area (Å²) in [5.41, 5.74) is 1.28. The van der Waals surface area contributed by atoms with Crippen molar-refractivity contribution in [1.29, 1.82) is 0 Å². The quantitative estimate of drug-likeness (QED) is 0.824. The third kappa shape index (κ3) is 5.99. The molecule has 3 rings (SSSR count). The van der Waals surface area contributed by atoms with Crippen LogP contribution in [-0.4, -0.2) is 60.4 Å². The summed E-state index contributed by atoms with van der Waals surface area (Å²) in [6.45, 7) is 3.73. The van der Waals surface area contributed by atoms with Crippen LogP contribution in [0.2, 0.25) is 0 Å². The highest BCUT2D eigenvalue weighted by Crippen LogP contribution is 2.13. The Morgan fingerprint density at radius 2 is 1.65 bits per heavy atom. The molecule has 2 aliphatic rings. The van der Waals surface area contributed by atoms with E-state index in [2.05, 4.69) is 17.4 Å². The van der Waals surface area contributed by atoms with E-state index in [1.165, 1.54) is 12.0 Å². The second-order valence-electron chi connectivity index (χ2n) is 7.10. The van der Waals surface area contributed by atoms with Gasteiger partial charge in [0.25, 0.3) is 0 Å². The number of nitrogens with zero attached hydrogens (tertiary/aromatic N) is 2. The Morgan fingerprint density at radius 1 is 1.00 bits per heavy atom. The number of halogens is 1. The molecule has 2 fully saturated rings. The van der Waals surface area contributed by atoms with Crippen LogP contribution in [0, 0.1) is 0 Å². The molecule has 0 bridgehead atoms. The Balaban J connectivity index is 0.00000243. The number of rotatable bonds is 6. The number of aryl methyl sites for hydroxylation is 1. The first-order valence-corrected chi connectivity index (χ1v) is 9.55. The average molecular weight is 380 g/mol. The lowest BCUT2D eigenvalue weighted by Gasteiger charge is -2.35. The molecule has 6 heteroatoms. The lowest BCUT2D eigenvalue weighted by atomic mass is 10.1. The fraction of sp³-hybridized carbons (Fsp3) is 0.600. The number of hydrogen-bond acceptors (Lipinski definition) is 3. The molecule has 1 atom stereocenters. The van der Waals surface area contributed by atoms with Gasteiger partial charge < -0.3 is 15.1 Å². The largest absolute Gasteiger partial charge is 0.339 e. The van der Waals surface area contributed by atoms with Crippen LogP contribution >= 0.6 is 12.4 Å². The molecular formula is C20H30ClN3O2. The van der Waals surface area contributed by atoms with Gasteiger partial charge in [-0.3, -0.25) is 9.59 Å². The SMILES string of the molecule is Cl.O=C(CCCc1ccccc1)N1CCN(C(=O)CC2CCCN2)CC1. The van der Waals surface area contributed by atoms with Crippen LogP contribution in [0.3, 0.4) is 0 Å². The summed E-state index contributed by atoms with van der Waals surface area (Å²) < 4.78 is 0. The Labute approximate surface area is 162 Å². The van der Waals surface area contributed by atoms with Crippen molar-refractivity contribution in [2.75, 3.05) is 32.7 Å². The minimum absolute atomic E-state index is 0. The van der Waals surface area contributed by atoms with Gasteiger partial charge in [-0.2, -0.15) is 0 Å². The lowest BCUT2D eigenvalue weighted by molar-refractivity contribution is -0.139. The smallest absolute Gasteiger partial charge is 0.224 e. The third-order valence-electron chi connectivity index (χ3n) is 5.27. The van der Waals surface area contributed by atoms with Crippen molar-refractivity contribution >= 4 is 24.2 Å². The van der Waals surface area contributed by atoms with E-state index in [9.17, 15) is 9.59 Å². The van der Waals surface area contributed by atoms with Gasteiger partial charge in [0.2, 0.25) is 11.8 Å². The molecule has 0 aliphatic carbocycles. The molecule has 1 aromatic carbocycles. The molecule has 0 radical (unpaired) electrons. The number of carbonyl (C=O) groups excluding carboxylic acids is 2. The Bertz CT molecular complexity index is 568. The van der Waals surface area contributed by atoms with Crippen LogP contribution in [0.1, 0.15) is 37.7 Å². The fourth-order valence-corrected chi connectivity index (χ4v) is 3.72. The highest BCUT2D eigenvalue weighted by atomic mass is 35.5. The first-order valence-electron chi connectivity index (χ1n) is 9.55. The zero-order valence-electron chi connectivity index (χ0n) is 15.4. The molecule has 0 spiro atoms. The van der Waals surface area contributed by atoms with Crippen molar-refractivity contribution < 1.29 is 9.59 Å². The summed E-state index contributed by atoms with van der Waals surface area (Å²) in [6.07, 6.45) is 5.30. The topological polar surface area (TPSA) is 52.7 Å². The highest BCUT2D eigenvalue weighted by molar-refractivity contribution is 5.85. The van der Waals surface area contributed by atoms with Gasteiger partial charge >= 0.3 is 0 Å². The number of amides is 2. The van der Waals surface area contributed by atoms with Gasteiger partial charge in [0, 0.05) is 45.1 Å². The van der Waals surface area contributed by atoms with Gasteiger partial charge in [-0.15, -0.1) is 12.4 Å². The lowest BCUT2D eigenvalue weighted by Crippen LogP contribution is -2.51. The molecule has 1 N–H and O–H groups in total. The summed E-state index contributed by atoms with van der Waals surface area (Å²) in [7, 11) is 0.